The van der Waals surface area contributed by atoms with Crippen LogP contribution >= 0.6 is 0 Å². The number of nitrogens with zero attached hydrogens (tertiary/aromatic N) is 3. The van der Waals surface area contributed by atoms with Crippen LogP contribution in [0.2, 0.25) is 0 Å². The van der Waals surface area contributed by atoms with Crippen LogP contribution in [0.1, 0.15) is 18.5 Å². The zero-order chi connectivity index (χ0) is 12.7. The maximum atomic E-state index is 11.7. The van der Waals surface area contributed by atoms with E-state index in [4.69, 9.17) is 0 Å². The molecule has 18 heavy (non-hydrogen) atoms. The Morgan fingerprint density at radius 3 is 2.67 bits per heavy atom. The van der Waals surface area contributed by atoms with Crippen molar-refractivity contribution in [2.45, 2.75) is 13.0 Å². The lowest BCUT2D eigenvalue weighted by Gasteiger charge is -2.23. The van der Waals surface area contributed by atoms with Crippen molar-refractivity contribution < 1.29 is 9.59 Å². The fourth-order valence-electron chi connectivity index (χ4n) is 2.52. The van der Waals surface area contributed by atoms with Crippen LogP contribution in [0, 0.1) is 0 Å². The predicted octanol–water partition coefficient (Wildman–Crippen LogP) is 0.788. The van der Waals surface area contributed by atoms with Crippen molar-refractivity contribution in [3.05, 3.63) is 35.9 Å². The molecule has 3 rings (SSSR count). The Labute approximate surface area is 105 Å². The summed E-state index contributed by atoms with van der Waals surface area (Å²) in [5.41, 5.74) is 1.14. The molecule has 0 spiro atoms. The van der Waals surface area contributed by atoms with E-state index in [1.54, 1.807) is 0 Å². The molecule has 0 aromatic heterocycles. The molecule has 1 saturated heterocycles. The van der Waals surface area contributed by atoms with Gasteiger partial charge >= 0.3 is 11.8 Å². The molecule has 1 unspecified atom stereocenters. The zero-order valence-electron chi connectivity index (χ0n) is 10.0. The Balaban J connectivity index is 1.98. The first-order valence-electron chi connectivity index (χ1n) is 5.98. The highest BCUT2D eigenvalue weighted by Crippen LogP contribution is 2.31. The summed E-state index contributed by atoms with van der Waals surface area (Å²) >= 11 is 0. The molecule has 1 aromatic carbocycles. The minimum Gasteiger partial charge on any atom is -0.333 e. The van der Waals surface area contributed by atoms with Gasteiger partial charge in [-0.15, -0.1) is 0 Å². The van der Waals surface area contributed by atoms with Gasteiger partial charge in [-0.2, -0.15) is 4.99 Å². The summed E-state index contributed by atoms with van der Waals surface area (Å²) in [4.78, 5) is 30.3. The quantitative estimate of drug-likeness (QED) is 0.721. The Hall–Kier alpha value is -2.17. The smallest absolute Gasteiger partial charge is 0.333 e. The van der Waals surface area contributed by atoms with Gasteiger partial charge in [-0.05, 0) is 12.5 Å². The van der Waals surface area contributed by atoms with Gasteiger partial charge in [0.1, 0.15) is 0 Å². The summed E-state index contributed by atoms with van der Waals surface area (Å²) in [5.74, 6) is -0.668. The third-order valence-corrected chi connectivity index (χ3v) is 3.38. The average molecular weight is 243 g/mol. The topological polar surface area (TPSA) is 53.0 Å². The van der Waals surface area contributed by atoms with E-state index in [2.05, 4.69) is 4.99 Å². The van der Waals surface area contributed by atoms with Crippen molar-refractivity contribution in [1.82, 2.24) is 9.80 Å². The molecule has 5 nitrogen and oxygen atoms in total. The number of carbonyl (C=O) groups excluding carboxylic acids is 2. The summed E-state index contributed by atoms with van der Waals surface area (Å²) in [5, 5.41) is 0. The van der Waals surface area contributed by atoms with Gasteiger partial charge in [0.15, 0.2) is 0 Å². The molecule has 2 heterocycles. The van der Waals surface area contributed by atoms with Crippen molar-refractivity contribution in [3.63, 3.8) is 0 Å². The van der Waals surface area contributed by atoms with Crippen LogP contribution in [-0.2, 0) is 9.59 Å². The number of rotatable bonds is 2. The van der Waals surface area contributed by atoms with Gasteiger partial charge in [0, 0.05) is 6.54 Å². The van der Waals surface area contributed by atoms with Gasteiger partial charge in [0.05, 0.1) is 12.6 Å². The van der Waals surface area contributed by atoms with E-state index in [1.165, 1.54) is 4.90 Å². The Bertz CT molecular complexity index is 538. The van der Waals surface area contributed by atoms with Gasteiger partial charge in [-0.25, -0.2) is 0 Å². The fraction of sp³-hybridized carbons (Fsp3) is 0.308. The van der Waals surface area contributed by atoms with Crippen LogP contribution in [0.3, 0.4) is 0 Å². The van der Waals surface area contributed by atoms with E-state index in [1.807, 2.05) is 42.2 Å². The minimum absolute atomic E-state index is 0.0898. The zero-order valence-corrected chi connectivity index (χ0v) is 10.0. The molecule has 0 bridgehead atoms. The summed E-state index contributed by atoms with van der Waals surface area (Å²) in [6, 6.07) is 10.1. The largest absolute Gasteiger partial charge is 0.338 e. The summed E-state index contributed by atoms with van der Waals surface area (Å²) in [7, 11) is 0. The second-order valence-corrected chi connectivity index (χ2v) is 4.35. The van der Waals surface area contributed by atoms with E-state index in [-0.39, 0.29) is 6.04 Å². The fourth-order valence-corrected chi connectivity index (χ4v) is 2.52. The van der Waals surface area contributed by atoms with Crippen LogP contribution in [0.4, 0.5) is 0 Å². The van der Waals surface area contributed by atoms with Crippen LogP contribution in [-0.4, -0.2) is 40.7 Å². The predicted molar refractivity (Wildman–Crippen MR) is 65.7 cm³/mol. The number of amides is 2. The van der Waals surface area contributed by atoms with E-state index >= 15 is 0 Å². The molecule has 2 aliphatic rings. The molecule has 0 N–H and O–H groups in total. The van der Waals surface area contributed by atoms with Crippen LogP contribution in [0.25, 0.3) is 0 Å². The van der Waals surface area contributed by atoms with E-state index in [9.17, 15) is 9.59 Å². The third kappa shape index (κ3) is 1.44. The Kier molecular flexibility index (Phi) is 2.40. The Morgan fingerprint density at radius 2 is 2.00 bits per heavy atom. The van der Waals surface area contributed by atoms with Crippen LogP contribution in [0.5, 0.6) is 0 Å². The SMILES string of the molecule is CCN1C2=NC(=O)C(=O)N2CC1c1ccccc1. The van der Waals surface area contributed by atoms with Crippen molar-refractivity contribution in [1.29, 1.82) is 0 Å². The van der Waals surface area contributed by atoms with Crippen molar-refractivity contribution in [2.24, 2.45) is 4.99 Å². The maximum absolute atomic E-state index is 11.7. The van der Waals surface area contributed by atoms with E-state index < -0.39 is 11.8 Å². The lowest BCUT2D eigenvalue weighted by Crippen LogP contribution is -2.33. The van der Waals surface area contributed by atoms with Gasteiger partial charge in [-0.3, -0.25) is 14.5 Å². The highest BCUT2D eigenvalue weighted by Gasteiger charge is 2.45. The number of hydrogen-bond acceptors (Lipinski definition) is 3. The summed E-state index contributed by atoms with van der Waals surface area (Å²) in [6.45, 7) is 3.21. The standard InChI is InChI=1S/C13H13N3O2/c1-2-15-10(9-6-4-3-5-7-9)8-16-12(18)11(17)14-13(15)16/h3-7,10H,2,8H2,1H3. The molecular formula is C13H13N3O2. The number of guanidine groups is 1. The number of carbonyl (C=O) groups is 2. The first-order chi connectivity index (χ1) is 8.72. The number of fused-ring (bicyclic) bond motifs is 1. The average Bonchev–Trinajstić information content (AvgIpc) is 2.89. The highest BCUT2D eigenvalue weighted by atomic mass is 16.2. The van der Waals surface area contributed by atoms with E-state index in [0.29, 0.717) is 12.5 Å². The lowest BCUT2D eigenvalue weighted by molar-refractivity contribution is -0.139. The minimum atomic E-state index is -0.657. The molecule has 2 amide bonds. The molecule has 92 valence electrons. The molecule has 1 fully saturated rings. The number of aliphatic imine (C=N–C) groups is 1. The van der Waals surface area contributed by atoms with Gasteiger partial charge in [-0.1, -0.05) is 30.3 Å². The molecule has 5 heteroatoms. The number of benzene rings is 1. The molecule has 1 atom stereocenters. The summed E-state index contributed by atoms with van der Waals surface area (Å²) < 4.78 is 0. The molecule has 2 aliphatic heterocycles. The van der Waals surface area contributed by atoms with Gasteiger partial charge in [0.2, 0.25) is 5.96 Å². The third-order valence-electron chi connectivity index (χ3n) is 3.38. The van der Waals surface area contributed by atoms with Crippen molar-refractivity contribution in [3.8, 4) is 0 Å². The highest BCUT2D eigenvalue weighted by molar-refractivity contribution is 6.44. The molecule has 0 aliphatic carbocycles. The molecule has 1 aromatic rings. The van der Waals surface area contributed by atoms with Gasteiger partial charge < -0.3 is 4.90 Å². The van der Waals surface area contributed by atoms with E-state index in [0.717, 1.165) is 12.1 Å². The summed E-state index contributed by atoms with van der Waals surface area (Å²) in [6.07, 6.45) is 0. The monoisotopic (exact) mass is 243 g/mol. The second-order valence-electron chi connectivity index (χ2n) is 4.35. The Morgan fingerprint density at radius 1 is 1.28 bits per heavy atom. The first kappa shape index (κ1) is 11.0. The van der Waals surface area contributed by atoms with Crippen molar-refractivity contribution in [2.75, 3.05) is 13.1 Å². The second kappa shape index (κ2) is 3.94. The van der Waals surface area contributed by atoms with Gasteiger partial charge in [0.25, 0.3) is 0 Å². The first-order valence-corrected chi connectivity index (χ1v) is 5.98. The molecule has 0 radical (unpaired) electrons. The van der Waals surface area contributed by atoms with Crippen LogP contribution in [0.15, 0.2) is 35.3 Å². The normalized spacial score (nSPS) is 22.5. The van der Waals surface area contributed by atoms with Crippen molar-refractivity contribution >= 4 is 17.8 Å². The number of hydrogen-bond donors (Lipinski definition) is 0. The molecule has 0 saturated carbocycles. The maximum Gasteiger partial charge on any atom is 0.338 e. The molecular weight excluding hydrogens is 230 g/mol. The number of likely N-dealkylation sites (N-methyl/N-ethyl adjacent to an activating group) is 1. The van der Waals surface area contributed by atoms with Crippen LogP contribution < -0.4 is 0 Å². The lowest BCUT2D eigenvalue weighted by atomic mass is 10.1.